The Bertz CT molecular complexity index is 562. The third kappa shape index (κ3) is 2.53. The number of rotatable bonds is 2. The van der Waals surface area contributed by atoms with Crippen molar-refractivity contribution in [2.24, 2.45) is 4.99 Å². The first-order valence-corrected chi connectivity index (χ1v) is 6.73. The van der Waals surface area contributed by atoms with Crippen molar-refractivity contribution >= 4 is 11.9 Å². The SMILES string of the molecule is CCC1(c2ccccc2F)N=C(NC(C)(C)C)NC1=O. The molecule has 0 spiro atoms. The van der Waals surface area contributed by atoms with E-state index in [1.807, 2.05) is 27.7 Å². The van der Waals surface area contributed by atoms with Crippen molar-refractivity contribution in [2.45, 2.75) is 45.2 Å². The van der Waals surface area contributed by atoms with E-state index in [4.69, 9.17) is 0 Å². The van der Waals surface area contributed by atoms with Crippen LogP contribution in [-0.4, -0.2) is 17.4 Å². The van der Waals surface area contributed by atoms with Gasteiger partial charge in [0.05, 0.1) is 0 Å². The molecule has 1 unspecified atom stereocenters. The molecule has 1 aromatic carbocycles. The number of halogens is 1. The molecule has 1 aromatic rings. The standard InChI is InChI=1S/C15H20FN3O/c1-5-15(10-8-6-7-9-11(10)16)12(20)17-13(19-15)18-14(2,3)4/h6-9H,5H2,1-4H3,(H2,17,18,19,20). The van der Waals surface area contributed by atoms with Crippen molar-refractivity contribution in [3.8, 4) is 0 Å². The Labute approximate surface area is 118 Å². The third-order valence-corrected chi connectivity index (χ3v) is 3.23. The predicted molar refractivity (Wildman–Crippen MR) is 76.8 cm³/mol. The summed E-state index contributed by atoms with van der Waals surface area (Å²) in [5, 5.41) is 5.83. The van der Waals surface area contributed by atoms with E-state index < -0.39 is 11.4 Å². The predicted octanol–water partition coefficient (Wildman–Crippen LogP) is 2.30. The van der Waals surface area contributed by atoms with Gasteiger partial charge in [0.2, 0.25) is 0 Å². The van der Waals surface area contributed by atoms with Crippen LogP contribution in [-0.2, 0) is 10.3 Å². The van der Waals surface area contributed by atoms with Gasteiger partial charge in [0.15, 0.2) is 11.5 Å². The lowest BCUT2D eigenvalue weighted by atomic mass is 9.87. The molecule has 0 saturated carbocycles. The highest BCUT2D eigenvalue weighted by Crippen LogP contribution is 2.34. The molecule has 108 valence electrons. The molecule has 2 N–H and O–H groups in total. The van der Waals surface area contributed by atoms with Crippen LogP contribution >= 0.6 is 0 Å². The minimum atomic E-state index is -1.18. The van der Waals surface area contributed by atoms with E-state index in [1.165, 1.54) is 6.07 Å². The minimum Gasteiger partial charge on any atom is -0.351 e. The van der Waals surface area contributed by atoms with Crippen molar-refractivity contribution in [2.75, 3.05) is 0 Å². The molecule has 0 radical (unpaired) electrons. The Morgan fingerprint density at radius 1 is 1.35 bits per heavy atom. The lowest BCUT2D eigenvalue weighted by molar-refractivity contribution is -0.124. The van der Waals surface area contributed by atoms with Gasteiger partial charge in [-0.15, -0.1) is 0 Å². The highest BCUT2D eigenvalue weighted by atomic mass is 19.1. The van der Waals surface area contributed by atoms with Crippen LogP contribution in [0.2, 0.25) is 0 Å². The lowest BCUT2D eigenvalue weighted by Crippen LogP contribution is -2.47. The maximum atomic E-state index is 14.0. The second kappa shape index (κ2) is 4.89. The van der Waals surface area contributed by atoms with Gasteiger partial charge in [-0.2, -0.15) is 0 Å². The van der Waals surface area contributed by atoms with Crippen LogP contribution in [0.1, 0.15) is 39.7 Å². The van der Waals surface area contributed by atoms with Crippen molar-refractivity contribution in [3.05, 3.63) is 35.6 Å². The number of carbonyl (C=O) groups excluding carboxylic acids is 1. The van der Waals surface area contributed by atoms with Crippen LogP contribution in [0.3, 0.4) is 0 Å². The summed E-state index contributed by atoms with van der Waals surface area (Å²) in [5.74, 6) is -0.310. The molecule has 1 aliphatic rings. The monoisotopic (exact) mass is 277 g/mol. The zero-order valence-electron chi connectivity index (χ0n) is 12.2. The second-order valence-corrected chi connectivity index (χ2v) is 5.98. The summed E-state index contributed by atoms with van der Waals surface area (Å²) in [6.07, 6.45) is 0.398. The Balaban J connectivity index is 2.46. The Hall–Kier alpha value is -1.91. The van der Waals surface area contributed by atoms with Gasteiger partial charge in [0, 0.05) is 11.1 Å². The lowest BCUT2D eigenvalue weighted by Gasteiger charge is -2.22. The number of nitrogens with zero attached hydrogens (tertiary/aromatic N) is 1. The number of hydrogen-bond donors (Lipinski definition) is 2. The van der Waals surface area contributed by atoms with Crippen LogP contribution in [0, 0.1) is 5.82 Å². The summed E-state index contributed by atoms with van der Waals surface area (Å²) in [7, 11) is 0. The van der Waals surface area contributed by atoms with Crippen molar-refractivity contribution < 1.29 is 9.18 Å². The smallest absolute Gasteiger partial charge is 0.259 e. The number of benzene rings is 1. The highest BCUT2D eigenvalue weighted by molar-refractivity contribution is 6.07. The summed E-state index contributed by atoms with van der Waals surface area (Å²) in [5.41, 5.74) is -1.10. The fourth-order valence-corrected chi connectivity index (χ4v) is 2.30. The van der Waals surface area contributed by atoms with E-state index in [2.05, 4.69) is 15.6 Å². The van der Waals surface area contributed by atoms with E-state index in [0.29, 0.717) is 17.9 Å². The quantitative estimate of drug-likeness (QED) is 0.871. The molecule has 20 heavy (non-hydrogen) atoms. The van der Waals surface area contributed by atoms with Gasteiger partial charge < -0.3 is 5.32 Å². The fourth-order valence-electron chi connectivity index (χ4n) is 2.30. The molecule has 1 atom stereocenters. The van der Waals surface area contributed by atoms with Crippen molar-refractivity contribution in [1.82, 2.24) is 10.6 Å². The zero-order valence-corrected chi connectivity index (χ0v) is 12.2. The molecule has 1 aliphatic heterocycles. The summed E-state index contributed by atoms with van der Waals surface area (Å²) in [6.45, 7) is 7.74. The number of hydrogen-bond acceptors (Lipinski definition) is 3. The largest absolute Gasteiger partial charge is 0.351 e. The van der Waals surface area contributed by atoms with Gasteiger partial charge >= 0.3 is 0 Å². The summed E-state index contributed by atoms with van der Waals surface area (Å²) in [6, 6.07) is 6.29. The Kier molecular flexibility index (Phi) is 3.54. The van der Waals surface area contributed by atoms with E-state index in [9.17, 15) is 9.18 Å². The second-order valence-electron chi connectivity index (χ2n) is 5.98. The Morgan fingerprint density at radius 3 is 2.55 bits per heavy atom. The zero-order chi connectivity index (χ0) is 15.0. The first-order valence-electron chi connectivity index (χ1n) is 6.73. The fraction of sp³-hybridized carbons (Fsp3) is 0.467. The highest BCUT2D eigenvalue weighted by Gasteiger charge is 2.45. The number of amides is 1. The summed E-state index contributed by atoms with van der Waals surface area (Å²) in [4.78, 5) is 16.8. The van der Waals surface area contributed by atoms with Gasteiger partial charge in [-0.3, -0.25) is 10.1 Å². The maximum Gasteiger partial charge on any atom is 0.259 e. The van der Waals surface area contributed by atoms with E-state index in [0.717, 1.165) is 0 Å². The molecular formula is C15H20FN3O. The van der Waals surface area contributed by atoms with Gasteiger partial charge in [-0.05, 0) is 33.3 Å². The number of carbonyl (C=O) groups is 1. The first kappa shape index (κ1) is 14.5. The summed E-state index contributed by atoms with van der Waals surface area (Å²) >= 11 is 0. The molecule has 0 aliphatic carbocycles. The van der Waals surface area contributed by atoms with Crippen molar-refractivity contribution in [1.29, 1.82) is 0 Å². The van der Waals surface area contributed by atoms with Gasteiger partial charge in [0.1, 0.15) is 5.82 Å². The molecule has 1 amide bonds. The van der Waals surface area contributed by atoms with Crippen LogP contribution in [0.25, 0.3) is 0 Å². The molecule has 0 saturated heterocycles. The average Bonchev–Trinajstić information content (AvgIpc) is 2.64. The number of aliphatic imine (C=N–C) groups is 1. The molecule has 0 bridgehead atoms. The van der Waals surface area contributed by atoms with Crippen LogP contribution < -0.4 is 10.6 Å². The van der Waals surface area contributed by atoms with Crippen LogP contribution in [0.5, 0.6) is 0 Å². The average molecular weight is 277 g/mol. The van der Waals surface area contributed by atoms with Crippen LogP contribution in [0.15, 0.2) is 29.3 Å². The normalized spacial score (nSPS) is 22.4. The van der Waals surface area contributed by atoms with Gasteiger partial charge in [-0.1, -0.05) is 25.1 Å². The van der Waals surface area contributed by atoms with Crippen molar-refractivity contribution in [3.63, 3.8) is 0 Å². The van der Waals surface area contributed by atoms with Crippen LogP contribution in [0.4, 0.5) is 4.39 Å². The van der Waals surface area contributed by atoms with E-state index >= 15 is 0 Å². The van der Waals surface area contributed by atoms with Gasteiger partial charge in [0.25, 0.3) is 5.91 Å². The molecule has 2 rings (SSSR count). The number of guanidine groups is 1. The number of nitrogens with one attached hydrogen (secondary N) is 2. The molecule has 0 aromatic heterocycles. The topological polar surface area (TPSA) is 53.5 Å². The van der Waals surface area contributed by atoms with Gasteiger partial charge in [-0.25, -0.2) is 9.38 Å². The maximum absolute atomic E-state index is 14.0. The van der Waals surface area contributed by atoms with E-state index in [1.54, 1.807) is 18.2 Å². The summed E-state index contributed by atoms with van der Waals surface area (Å²) < 4.78 is 14.0. The third-order valence-electron chi connectivity index (χ3n) is 3.23. The molecular weight excluding hydrogens is 257 g/mol. The van der Waals surface area contributed by atoms with E-state index in [-0.39, 0.29) is 11.4 Å². The minimum absolute atomic E-state index is 0.231. The molecule has 1 heterocycles. The molecule has 0 fully saturated rings. The Morgan fingerprint density at radius 2 is 2.00 bits per heavy atom. The molecule has 4 nitrogen and oxygen atoms in total. The first-order chi connectivity index (χ1) is 9.28. The molecule has 5 heteroatoms.